The number of hydrogen-bond acceptors (Lipinski definition) is 7. The zero-order valence-electron chi connectivity index (χ0n) is 18.5. The Bertz CT molecular complexity index is 1310. The molecule has 0 aliphatic carbocycles. The Kier molecular flexibility index (Phi) is 5.82. The van der Waals surface area contributed by atoms with Crippen molar-refractivity contribution in [2.45, 2.75) is 25.8 Å². The van der Waals surface area contributed by atoms with Gasteiger partial charge in [0, 0.05) is 6.42 Å². The third kappa shape index (κ3) is 4.03. The molecule has 34 heavy (non-hydrogen) atoms. The fraction of sp³-hybridized carbons (Fsp3) is 0.200. The molecule has 172 valence electrons. The van der Waals surface area contributed by atoms with Crippen molar-refractivity contribution in [2.75, 3.05) is 6.61 Å². The third-order valence-electron chi connectivity index (χ3n) is 5.59. The molecule has 1 aliphatic rings. The first kappa shape index (κ1) is 21.4. The highest BCUT2D eigenvalue weighted by Crippen LogP contribution is 2.33. The highest BCUT2D eigenvalue weighted by atomic mass is 16.5. The number of aromatic nitrogens is 2. The minimum atomic E-state index is -0.614. The number of carbonyl (C=O) groups is 2. The minimum absolute atomic E-state index is 0.322. The molecule has 0 saturated carbocycles. The maximum absolute atomic E-state index is 13.0. The summed E-state index contributed by atoms with van der Waals surface area (Å²) in [4.78, 5) is 25.9. The van der Waals surface area contributed by atoms with Crippen LogP contribution >= 0.6 is 0 Å². The maximum atomic E-state index is 13.0. The van der Waals surface area contributed by atoms with E-state index in [9.17, 15) is 9.59 Å². The second-order valence-electron chi connectivity index (χ2n) is 7.68. The second kappa shape index (κ2) is 9.22. The standard InChI is InChI=1S/C25H22N4O5/c1-2-20-18(15-26-28(20)17-8-4-3-5-9-17)25(31)34-16-24(30)29-21(23-11-7-13-33-23)14-19(27-29)22-10-6-12-32-22/h3-13,15,21H,2,14,16H2,1H3/t21-/m0/s1. The number of hydrazone groups is 1. The first-order valence-electron chi connectivity index (χ1n) is 10.9. The van der Waals surface area contributed by atoms with E-state index < -0.39 is 24.5 Å². The average molecular weight is 458 g/mol. The molecule has 0 spiro atoms. The molecule has 0 unspecified atom stereocenters. The van der Waals surface area contributed by atoms with E-state index in [0.717, 1.165) is 5.69 Å². The van der Waals surface area contributed by atoms with Crippen LogP contribution in [0.25, 0.3) is 5.69 Å². The molecule has 0 N–H and O–H groups in total. The topological polar surface area (TPSA) is 103 Å². The molecular formula is C25H22N4O5. The fourth-order valence-corrected chi connectivity index (χ4v) is 3.98. The Morgan fingerprint density at radius 1 is 1.06 bits per heavy atom. The van der Waals surface area contributed by atoms with Crippen molar-refractivity contribution in [1.82, 2.24) is 14.8 Å². The van der Waals surface area contributed by atoms with Gasteiger partial charge in [-0.3, -0.25) is 4.79 Å². The fourth-order valence-electron chi connectivity index (χ4n) is 3.98. The van der Waals surface area contributed by atoms with E-state index in [0.29, 0.717) is 41.3 Å². The predicted molar refractivity (Wildman–Crippen MR) is 121 cm³/mol. The Balaban J connectivity index is 1.32. The largest absolute Gasteiger partial charge is 0.467 e. The van der Waals surface area contributed by atoms with Gasteiger partial charge in [0.25, 0.3) is 5.91 Å². The zero-order valence-corrected chi connectivity index (χ0v) is 18.5. The minimum Gasteiger partial charge on any atom is -0.467 e. The molecule has 0 bridgehead atoms. The van der Waals surface area contributed by atoms with Crippen LogP contribution in [0, 0.1) is 0 Å². The van der Waals surface area contributed by atoms with E-state index in [1.807, 2.05) is 37.3 Å². The first-order valence-corrected chi connectivity index (χ1v) is 10.9. The summed E-state index contributed by atoms with van der Waals surface area (Å²) in [6, 6.07) is 16.1. The Hall–Kier alpha value is -4.40. The van der Waals surface area contributed by atoms with Crippen molar-refractivity contribution in [3.63, 3.8) is 0 Å². The number of carbonyl (C=O) groups excluding carboxylic acids is 2. The van der Waals surface area contributed by atoms with Crippen molar-refractivity contribution in [2.24, 2.45) is 5.10 Å². The number of hydrogen-bond donors (Lipinski definition) is 0. The van der Waals surface area contributed by atoms with E-state index in [1.54, 1.807) is 41.5 Å². The first-order chi connectivity index (χ1) is 16.7. The number of benzene rings is 1. The second-order valence-corrected chi connectivity index (χ2v) is 7.68. The van der Waals surface area contributed by atoms with E-state index in [-0.39, 0.29) is 0 Å². The van der Waals surface area contributed by atoms with Crippen LogP contribution in [0.15, 0.2) is 87.3 Å². The summed E-state index contributed by atoms with van der Waals surface area (Å²) in [5.41, 5.74) is 2.48. The molecule has 9 nitrogen and oxygen atoms in total. The molecule has 0 saturated heterocycles. The van der Waals surface area contributed by atoms with E-state index in [4.69, 9.17) is 13.6 Å². The van der Waals surface area contributed by atoms with Crippen LogP contribution in [0.5, 0.6) is 0 Å². The van der Waals surface area contributed by atoms with Crippen LogP contribution in [0.2, 0.25) is 0 Å². The van der Waals surface area contributed by atoms with E-state index in [2.05, 4.69) is 10.2 Å². The molecule has 9 heteroatoms. The summed E-state index contributed by atoms with van der Waals surface area (Å²) in [6.07, 6.45) is 5.54. The van der Waals surface area contributed by atoms with Gasteiger partial charge in [0.2, 0.25) is 0 Å². The van der Waals surface area contributed by atoms with Crippen LogP contribution in [0.4, 0.5) is 0 Å². The molecule has 0 radical (unpaired) electrons. The Morgan fingerprint density at radius 3 is 2.56 bits per heavy atom. The lowest BCUT2D eigenvalue weighted by Crippen LogP contribution is -2.31. The van der Waals surface area contributed by atoms with Gasteiger partial charge >= 0.3 is 5.97 Å². The van der Waals surface area contributed by atoms with Gasteiger partial charge in [-0.2, -0.15) is 10.2 Å². The number of furan rings is 2. The molecule has 0 fully saturated rings. The number of amides is 1. The van der Waals surface area contributed by atoms with Crippen molar-refractivity contribution in [3.05, 3.63) is 96.1 Å². The van der Waals surface area contributed by atoms with Gasteiger partial charge in [0.05, 0.1) is 30.1 Å². The molecule has 4 aromatic rings. The van der Waals surface area contributed by atoms with Gasteiger partial charge in [-0.05, 0) is 42.8 Å². The van der Waals surface area contributed by atoms with Gasteiger partial charge in [0.15, 0.2) is 6.61 Å². The van der Waals surface area contributed by atoms with Gasteiger partial charge < -0.3 is 13.6 Å². The van der Waals surface area contributed by atoms with E-state index >= 15 is 0 Å². The average Bonchev–Trinajstić information content (AvgIpc) is 3.68. The highest BCUT2D eigenvalue weighted by molar-refractivity contribution is 6.01. The molecule has 1 aliphatic heterocycles. The summed E-state index contributed by atoms with van der Waals surface area (Å²) in [5.74, 6) is 0.0772. The summed E-state index contributed by atoms with van der Waals surface area (Å²) in [6.45, 7) is 1.46. The quantitative estimate of drug-likeness (QED) is 0.385. The monoisotopic (exact) mass is 458 g/mol. The summed E-state index contributed by atoms with van der Waals surface area (Å²) in [7, 11) is 0. The van der Waals surface area contributed by atoms with Crippen LogP contribution < -0.4 is 0 Å². The molecule has 4 heterocycles. The molecule has 1 amide bonds. The zero-order chi connectivity index (χ0) is 23.5. The molecule has 1 aromatic carbocycles. The molecule has 3 aromatic heterocycles. The van der Waals surface area contributed by atoms with Gasteiger partial charge in [-0.25, -0.2) is 14.5 Å². The predicted octanol–water partition coefficient (Wildman–Crippen LogP) is 4.16. The summed E-state index contributed by atoms with van der Waals surface area (Å²) >= 11 is 0. The molecular weight excluding hydrogens is 436 g/mol. The normalized spacial score (nSPS) is 15.4. The number of para-hydroxylation sites is 1. The van der Waals surface area contributed by atoms with Crippen molar-refractivity contribution in [3.8, 4) is 5.69 Å². The SMILES string of the molecule is CCc1c(C(=O)OCC(=O)N2N=C(c3ccco3)C[C@H]2c2ccco2)cnn1-c1ccccc1. The lowest BCUT2D eigenvalue weighted by molar-refractivity contribution is -0.136. The Morgan fingerprint density at radius 2 is 1.85 bits per heavy atom. The Labute approximate surface area is 195 Å². The molecule has 5 rings (SSSR count). The van der Waals surface area contributed by atoms with Crippen molar-refractivity contribution >= 4 is 17.6 Å². The number of rotatable bonds is 7. The van der Waals surface area contributed by atoms with Crippen LogP contribution in [0.3, 0.4) is 0 Å². The summed E-state index contributed by atoms with van der Waals surface area (Å²) in [5, 5.41) is 10.1. The van der Waals surface area contributed by atoms with Crippen LogP contribution in [-0.4, -0.2) is 39.0 Å². The lowest BCUT2D eigenvalue weighted by Gasteiger charge is -2.19. The van der Waals surface area contributed by atoms with Crippen molar-refractivity contribution in [1.29, 1.82) is 0 Å². The van der Waals surface area contributed by atoms with Crippen LogP contribution in [-0.2, 0) is 16.0 Å². The van der Waals surface area contributed by atoms with Crippen molar-refractivity contribution < 1.29 is 23.2 Å². The van der Waals surface area contributed by atoms with Gasteiger partial charge in [-0.1, -0.05) is 25.1 Å². The molecule has 1 atom stereocenters. The smallest absolute Gasteiger partial charge is 0.342 e. The number of nitrogens with zero attached hydrogens (tertiary/aromatic N) is 4. The number of esters is 1. The highest BCUT2D eigenvalue weighted by Gasteiger charge is 2.36. The number of ether oxygens (including phenoxy) is 1. The maximum Gasteiger partial charge on any atom is 0.342 e. The summed E-state index contributed by atoms with van der Waals surface area (Å²) < 4.78 is 18.0. The van der Waals surface area contributed by atoms with Gasteiger partial charge in [0.1, 0.15) is 28.8 Å². The van der Waals surface area contributed by atoms with Gasteiger partial charge in [-0.15, -0.1) is 0 Å². The van der Waals surface area contributed by atoms with Crippen LogP contribution in [0.1, 0.15) is 47.0 Å². The third-order valence-corrected chi connectivity index (χ3v) is 5.59. The van der Waals surface area contributed by atoms with E-state index in [1.165, 1.54) is 11.2 Å². The lowest BCUT2D eigenvalue weighted by atomic mass is 10.1.